The minimum absolute atomic E-state index is 0.301. The third-order valence-corrected chi connectivity index (χ3v) is 2.14. The second-order valence-electron chi connectivity index (χ2n) is 5.86. The highest BCUT2D eigenvalue weighted by molar-refractivity contribution is 5.79. The SMILES string of the molecule is CC(C)C[C@@H](NC/C=C/C(=O)O)C(=O)OC(C)(C)C. The molecular formula is C14H25NO4. The summed E-state index contributed by atoms with van der Waals surface area (Å²) < 4.78 is 5.34. The molecule has 0 radical (unpaired) electrons. The van der Waals surface area contributed by atoms with E-state index in [0.29, 0.717) is 18.9 Å². The molecule has 0 saturated heterocycles. The molecule has 1 atom stereocenters. The van der Waals surface area contributed by atoms with Gasteiger partial charge in [0.2, 0.25) is 0 Å². The van der Waals surface area contributed by atoms with E-state index in [9.17, 15) is 9.59 Å². The molecule has 0 saturated carbocycles. The molecule has 0 aliphatic rings. The normalized spacial score (nSPS) is 13.8. The molecule has 0 spiro atoms. The van der Waals surface area contributed by atoms with Crippen LogP contribution in [0.4, 0.5) is 0 Å². The maximum atomic E-state index is 12.0. The van der Waals surface area contributed by atoms with Crippen LogP contribution < -0.4 is 5.32 Å². The highest BCUT2D eigenvalue weighted by Gasteiger charge is 2.25. The van der Waals surface area contributed by atoms with Crippen molar-refractivity contribution in [2.45, 2.75) is 52.7 Å². The first-order valence-corrected chi connectivity index (χ1v) is 6.47. The van der Waals surface area contributed by atoms with Crippen molar-refractivity contribution in [3.05, 3.63) is 12.2 Å². The molecule has 0 aliphatic heterocycles. The van der Waals surface area contributed by atoms with Crippen LogP contribution in [0.5, 0.6) is 0 Å². The van der Waals surface area contributed by atoms with E-state index in [0.717, 1.165) is 6.08 Å². The molecule has 0 aromatic heterocycles. The van der Waals surface area contributed by atoms with Gasteiger partial charge in [0.1, 0.15) is 11.6 Å². The van der Waals surface area contributed by atoms with Gasteiger partial charge in [-0.05, 0) is 33.1 Å². The third kappa shape index (κ3) is 10.3. The van der Waals surface area contributed by atoms with E-state index in [2.05, 4.69) is 5.32 Å². The van der Waals surface area contributed by atoms with Gasteiger partial charge in [0.25, 0.3) is 0 Å². The van der Waals surface area contributed by atoms with Crippen LogP contribution in [-0.2, 0) is 14.3 Å². The van der Waals surface area contributed by atoms with Crippen LogP contribution in [0.25, 0.3) is 0 Å². The number of carboxylic acids is 1. The summed E-state index contributed by atoms with van der Waals surface area (Å²) in [6.07, 6.45) is 3.17. The summed E-state index contributed by atoms with van der Waals surface area (Å²) in [5, 5.41) is 11.5. The second-order valence-corrected chi connectivity index (χ2v) is 5.86. The number of aliphatic carboxylic acids is 1. The third-order valence-electron chi connectivity index (χ3n) is 2.14. The van der Waals surface area contributed by atoms with Gasteiger partial charge in [0.15, 0.2) is 0 Å². The van der Waals surface area contributed by atoms with Crippen LogP contribution in [0.2, 0.25) is 0 Å². The zero-order chi connectivity index (χ0) is 15.1. The summed E-state index contributed by atoms with van der Waals surface area (Å²) in [7, 11) is 0. The van der Waals surface area contributed by atoms with Gasteiger partial charge in [-0.25, -0.2) is 4.79 Å². The molecule has 0 aromatic carbocycles. The molecule has 0 bridgehead atoms. The Morgan fingerprint density at radius 1 is 1.32 bits per heavy atom. The van der Waals surface area contributed by atoms with Crippen molar-refractivity contribution in [3.63, 3.8) is 0 Å². The molecule has 5 heteroatoms. The van der Waals surface area contributed by atoms with Gasteiger partial charge in [-0.3, -0.25) is 4.79 Å². The van der Waals surface area contributed by atoms with Crippen molar-refractivity contribution in [2.24, 2.45) is 5.92 Å². The largest absolute Gasteiger partial charge is 0.478 e. The molecule has 0 aliphatic carbocycles. The van der Waals surface area contributed by atoms with E-state index in [1.165, 1.54) is 6.08 Å². The van der Waals surface area contributed by atoms with Crippen molar-refractivity contribution in [1.82, 2.24) is 5.32 Å². The zero-order valence-corrected chi connectivity index (χ0v) is 12.4. The first-order valence-electron chi connectivity index (χ1n) is 6.47. The molecule has 5 nitrogen and oxygen atoms in total. The Balaban J connectivity index is 4.46. The Labute approximate surface area is 115 Å². The predicted octanol–water partition coefficient (Wildman–Crippen LogP) is 1.97. The van der Waals surface area contributed by atoms with Crippen molar-refractivity contribution in [3.8, 4) is 0 Å². The van der Waals surface area contributed by atoms with Gasteiger partial charge >= 0.3 is 11.9 Å². The maximum absolute atomic E-state index is 12.0. The molecule has 0 heterocycles. The van der Waals surface area contributed by atoms with E-state index in [-0.39, 0.29) is 5.97 Å². The van der Waals surface area contributed by atoms with Gasteiger partial charge in [-0.1, -0.05) is 19.9 Å². The monoisotopic (exact) mass is 271 g/mol. The van der Waals surface area contributed by atoms with Crippen LogP contribution in [0.15, 0.2) is 12.2 Å². The Bertz CT molecular complexity index is 329. The molecule has 0 fully saturated rings. The first-order chi connectivity index (χ1) is 8.61. The Morgan fingerprint density at radius 3 is 2.32 bits per heavy atom. The smallest absolute Gasteiger partial charge is 0.328 e. The van der Waals surface area contributed by atoms with Crippen LogP contribution in [0.3, 0.4) is 0 Å². The summed E-state index contributed by atoms with van der Waals surface area (Å²) in [4.78, 5) is 22.3. The number of hydrogen-bond donors (Lipinski definition) is 2. The lowest BCUT2D eigenvalue weighted by Gasteiger charge is -2.25. The first kappa shape index (κ1) is 17.6. The number of ether oxygens (including phenoxy) is 1. The van der Waals surface area contributed by atoms with Crippen LogP contribution in [0, 0.1) is 5.92 Å². The van der Waals surface area contributed by atoms with Gasteiger partial charge < -0.3 is 15.2 Å². The van der Waals surface area contributed by atoms with Gasteiger partial charge in [0, 0.05) is 12.6 Å². The molecule has 0 rings (SSSR count). The summed E-state index contributed by atoms with van der Waals surface area (Å²) >= 11 is 0. The van der Waals surface area contributed by atoms with E-state index < -0.39 is 17.6 Å². The van der Waals surface area contributed by atoms with Gasteiger partial charge in [-0.2, -0.15) is 0 Å². The van der Waals surface area contributed by atoms with E-state index in [1.54, 1.807) is 0 Å². The van der Waals surface area contributed by atoms with E-state index in [1.807, 2.05) is 34.6 Å². The number of esters is 1. The van der Waals surface area contributed by atoms with E-state index in [4.69, 9.17) is 9.84 Å². The van der Waals surface area contributed by atoms with Crippen molar-refractivity contribution in [2.75, 3.05) is 6.54 Å². The van der Waals surface area contributed by atoms with Gasteiger partial charge in [-0.15, -0.1) is 0 Å². The fourth-order valence-electron chi connectivity index (χ4n) is 1.48. The number of nitrogens with one attached hydrogen (secondary N) is 1. The van der Waals surface area contributed by atoms with Gasteiger partial charge in [0.05, 0.1) is 0 Å². The zero-order valence-electron chi connectivity index (χ0n) is 12.4. The standard InChI is InChI=1S/C14H25NO4/c1-10(2)9-11(13(18)19-14(3,4)5)15-8-6-7-12(16)17/h6-7,10-11,15H,8-9H2,1-5H3,(H,16,17)/b7-6+/t11-/m1/s1. The lowest BCUT2D eigenvalue weighted by Crippen LogP contribution is -2.42. The molecule has 0 aromatic rings. The molecule has 2 N–H and O–H groups in total. The minimum Gasteiger partial charge on any atom is -0.478 e. The highest BCUT2D eigenvalue weighted by atomic mass is 16.6. The fraction of sp³-hybridized carbons (Fsp3) is 0.714. The average Bonchev–Trinajstić information content (AvgIpc) is 2.19. The van der Waals surface area contributed by atoms with Crippen molar-refractivity contribution < 1.29 is 19.4 Å². The number of rotatable bonds is 7. The van der Waals surface area contributed by atoms with Crippen molar-refractivity contribution >= 4 is 11.9 Å². The molecule has 0 unspecified atom stereocenters. The second kappa shape index (κ2) is 7.94. The summed E-state index contributed by atoms with van der Waals surface area (Å²) in [5.41, 5.74) is -0.523. The molecule has 110 valence electrons. The molecule has 0 amide bonds. The Morgan fingerprint density at radius 2 is 1.89 bits per heavy atom. The summed E-state index contributed by atoms with van der Waals surface area (Å²) in [6.45, 7) is 9.83. The summed E-state index contributed by atoms with van der Waals surface area (Å²) in [5.74, 6) is -0.960. The molecule has 19 heavy (non-hydrogen) atoms. The lowest BCUT2D eigenvalue weighted by molar-refractivity contribution is -0.157. The predicted molar refractivity (Wildman–Crippen MR) is 73.9 cm³/mol. The summed E-state index contributed by atoms with van der Waals surface area (Å²) in [6, 6.07) is -0.419. The minimum atomic E-state index is -1.00. The van der Waals surface area contributed by atoms with E-state index >= 15 is 0 Å². The van der Waals surface area contributed by atoms with Crippen LogP contribution in [0.1, 0.15) is 41.0 Å². The highest BCUT2D eigenvalue weighted by Crippen LogP contribution is 2.12. The maximum Gasteiger partial charge on any atom is 0.328 e. The number of carboxylic acid groups (broad SMARTS) is 1. The lowest BCUT2D eigenvalue weighted by atomic mass is 10.0. The average molecular weight is 271 g/mol. The molecular weight excluding hydrogens is 246 g/mol. The van der Waals surface area contributed by atoms with Crippen LogP contribution >= 0.6 is 0 Å². The number of carbonyl (C=O) groups excluding carboxylic acids is 1. The Hall–Kier alpha value is -1.36. The van der Waals surface area contributed by atoms with Crippen molar-refractivity contribution in [1.29, 1.82) is 0 Å². The van der Waals surface area contributed by atoms with Crippen LogP contribution in [-0.4, -0.2) is 35.2 Å². The number of carbonyl (C=O) groups is 2. The Kier molecular flexibility index (Phi) is 7.37. The quantitative estimate of drug-likeness (QED) is 0.547. The topological polar surface area (TPSA) is 75.6 Å². The fourth-order valence-corrected chi connectivity index (χ4v) is 1.48. The number of hydrogen-bond acceptors (Lipinski definition) is 4.